The molecule has 0 radical (unpaired) electrons. The number of aliphatic hydroxyl groups is 2. The second-order valence-corrected chi connectivity index (χ2v) is 6.74. The average molecular weight is 322 g/mol. The van der Waals surface area contributed by atoms with Gasteiger partial charge in [0.1, 0.15) is 6.61 Å². The van der Waals surface area contributed by atoms with Gasteiger partial charge in [0.05, 0.1) is 17.3 Å². The zero-order valence-electron chi connectivity index (χ0n) is 11.7. The Balaban J connectivity index is 1.60. The lowest BCUT2D eigenvalue weighted by Gasteiger charge is -2.27. The average Bonchev–Trinajstić information content (AvgIpc) is 2.86. The normalized spacial score (nSPS) is 33.0. The summed E-state index contributed by atoms with van der Waals surface area (Å²) in [6.07, 6.45) is 2.86. The van der Waals surface area contributed by atoms with Crippen molar-refractivity contribution in [1.29, 1.82) is 0 Å². The quantitative estimate of drug-likeness (QED) is 0.675. The van der Waals surface area contributed by atoms with Crippen molar-refractivity contribution in [3.63, 3.8) is 0 Å². The molecule has 0 spiro atoms. The first-order valence-electron chi connectivity index (χ1n) is 7.27. The maximum absolute atomic E-state index is 11.3. The Morgan fingerprint density at radius 1 is 1.45 bits per heavy atom. The lowest BCUT2D eigenvalue weighted by molar-refractivity contribution is -0.124. The predicted molar refractivity (Wildman–Crippen MR) is 80.2 cm³/mol. The van der Waals surface area contributed by atoms with Crippen LogP contribution in [0.4, 0.5) is 0 Å². The van der Waals surface area contributed by atoms with Crippen molar-refractivity contribution < 1.29 is 15.0 Å². The van der Waals surface area contributed by atoms with Crippen LogP contribution in [0.1, 0.15) is 18.4 Å². The van der Waals surface area contributed by atoms with Gasteiger partial charge >= 0.3 is 0 Å². The molecular formula is C15H16ClN3O3. The second kappa shape index (κ2) is 4.68. The summed E-state index contributed by atoms with van der Waals surface area (Å²) >= 11 is 6.14. The Labute approximate surface area is 131 Å². The lowest BCUT2D eigenvalue weighted by atomic mass is 9.86. The van der Waals surface area contributed by atoms with Gasteiger partial charge < -0.3 is 15.5 Å². The van der Waals surface area contributed by atoms with Crippen molar-refractivity contribution in [2.75, 3.05) is 6.61 Å². The van der Waals surface area contributed by atoms with Crippen LogP contribution in [0.15, 0.2) is 18.3 Å². The highest BCUT2D eigenvalue weighted by molar-refractivity contribution is 6.31. The van der Waals surface area contributed by atoms with Crippen molar-refractivity contribution >= 4 is 28.4 Å². The van der Waals surface area contributed by atoms with Gasteiger partial charge in [-0.25, -0.2) is 0 Å². The molecule has 2 aromatic rings. The molecule has 2 atom stereocenters. The van der Waals surface area contributed by atoms with Crippen molar-refractivity contribution in [3.05, 3.63) is 28.9 Å². The molecule has 6 nitrogen and oxygen atoms in total. The summed E-state index contributed by atoms with van der Waals surface area (Å²) in [6, 6.07) is 3.65. The van der Waals surface area contributed by atoms with E-state index in [2.05, 4.69) is 15.5 Å². The van der Waals surface area contributed by atoms with Crippen LogP contribution in [0.2, 0.25) is 5.02 Å². The maximum Gasteiger partial charge on any atom is 0.245 e. The molecule has 0 saturated heterocycles. The van der Waals surface area contributed by atoms with E-state index in [9.17, 15) is 9.90 Å². The molecule has 4 rings (SSSR count). The maximum atomic E-state index is 11.3. The summed E-state index contributed by atoms with van der Waals surface area (Å²) < 4.78 is 0. The first-order chi connectivity index (χ1) is 10.5. The minimum atomic E-state index is -0.942. The third-order valence-corrected chi connectivity index (χ3v) is 5.19. The summed E-state index contributed by atoms with van der Waals surface area (Å²) in [5.74, 6) is 0.144. The Morgan fingerprint density at radius 2 is 2.18 bits per heavy atom. The Hall–Kier alpha value is -1.63. The van der Waals surface area contributed by atoms with Crippen LogP contribution >= 0.6 is 11.6 Å². The molecule has 0 bridgehead atoms. The number of carbonyl (C=O) groups is 1. The van der Waals surface area contributed by atoms with E-state index in [1.165, 1.54) is 0 Å². The SMILES string of the molecule is O=C(CO)NC1C2CC(O)(c3cc(Cl)cc4[nH]ncc34)CC21. The van der Waals surface area contributed by atoms with Crippen molar-refractivity contribution in [3.8, 4) is 0 Å². The molecule has 2 fully saturated rings. The minimum absolute atomic E-state index is 0.0685. The number of amides is 1. The van der Waals surface area contributed by atoms with Gasteiger partial charge in [0, 0.05) is 16.5 Å². The molecule has 2 aliphatic rings. The number of fused-ring (bicyclic) bond motifs is 2. The number of rotatable bonds is 3. The fraction of sp³-hybridized carbons (Fsp3) is 0.467. The van der Waals surface area contributed by atoms with E-state index in [-0.39, 0.29) is 23.8 Å². The summed E-state index contributed by atoms with van der Waals surface area (Å²) in [4.78, 5) is 11.3. The first kappa shape index (κ1) is 14.0. The number of aliphatic hydroxyl groups excluding tert-OH is 1. The first-order valence-corrected chi connectivity index (χ1v) is 7.65. The van der Waals surface area contributed by atoms with Crippen LogP contribution in [0.5, 0.6) is 0 Å². The number of halogens is 1. The number of nitrogens with one attached hydrogen (secondary N) is 2. The van der Waals surface area contributed by atoms with E-state index in [1.807, 2.05) is 0 Å². The number of aromatic amines is 1. The second-order valence-electron chi connectivity index (χ2n) is 6.30. The highest BCUT2D eigenvalue weighted by atomic mass is 35.5. The number of hydrogen-bond donors (Lipinski definition) is 4. The molecule has 1 aromatic carbocycles. The zero-order chi connectivity index (χ0) is 15.5. The highest BCUT2D eigenvalue weighted by Gasteiger charge is 2.62. The number of H-pyrrole nitrogens is 1. The van der Waals surface area contributed by atoms with Gasteiger partial charge in [0.25, 0.3) is 0 Å². The molecule has 0 aliphatic heterocycles. The molecule has 116 valence electrons. The van der Waals surface area contributed by atoms with E-state index in [4.69, 9.17) is 16.7 Å². The number of carbonyl (C=O) groups excluding carboxylic acids is 1. The molecule has 1 amide bonds. The summed E-state index contributed by atoms with van der Waals surface area (Å²) in [5.41, 5.74) is 0.660. The summed E-state index contributed by atoms with van der Waals surface area (Å²) in [5, 5.41) is 31.0. The predicted octanol–water partition coefficient (Wildman–Crippen LogP) is 0.921. The van der Waals surface area contributed by atoms with Crippen molar-refractivity contribution in [2.45, 2.75) is 24.5 Å². The molecule has 2 aliphatic carbocycles. The molecule has 1 heterocycles. The van der Waals surface area contributed by atoms with Gasteiger partial charge in [0.15, 0.2) is 0 Å². The van der Waals surface area contributed by atoms with Gasteiger partial charge in [-0.15, -0.1) is 0 Å². The third-order valence-electron chi connectivity index (χ3n) is 4.97. The molecule has 22 heavy (non-hydrogen) atoms. The minimum Gasteiger partial charge on any atom is -0.387 e. The molecule has 4 N–H and O–H groups in total. The Morgan fingerprint density at radius 3 is 2.86 bits per heavy atom. The monoisotopic (exact) mass is 321 g/mol. The fourth-order valence-corrected chi connectivity index (χ4v) is 4.15. The van der Waals surface area contributed by atoms with Crippen LogP contribution in [-0.4, -0.2) is 39.0 Å². The van der Waals surface area contributed by atoms with Gasteiger partial charge in [-0.2, -0.15) is 5.10 Å². The van der Waals surface area contributed by atoms with E-state index in [0.717, 1.165) is 16.5 Å². The number of benzene rings is 1. The van der Waals surface area contributed by atoms with E-state index in [0.29, 0.717) is 17.9 Å². The van der Waals surface area contributed by atoms with Crippen LogP contribution in [0.25, 0.3) is 10.9 Å². The summed E-state index contributed by atoms with van der Waals surface area (Å²) in [6.45, 7) is -0.496. The lowest BCUT2D eigenvalue weighted by Crippen LogP contribution is -2.34. The van der Waals surface area contributed by atoms with E-state index >= 15 is 0 Å². The Bertz CT molecular complexity index is 748. The molecule has 2 unspecified atom stereocenters. The highest BCUT2D eigenvalue weighted by Crippen LogP contribution is 2.60. The largest absolute Gasteiger partial charge is 0.387 e. The Kier molecular flexibility index (Phi) is 2.98. The van der Waals surface area contributed by atoms with Crippen molar-refractivity contribution in [2.24, 2.45) is 11.8 Å². The standard InChI is InChI=1S/C15H16ClN3O3/c16-7-1-11(10-5-17-19-12(10)2-7)15(22)3-8-9(4-15)14(8)18-13(21)6-20/h1-2,5,8-9,14,20,22H,3-4,6H2,(H,17,19)(H,18,21). The summed E-state index contributed by atoms with van der Waals surface area (Å²) in [7, 11) is 0. The molecule has 2 saturated carbocycles. The molecule has 1 aromatic heterocycles. The van der Waals surface area contributed by atoms with Gasteiger partial charge in [-0.3, -0.25) is 9.89 Å². The number of nitrogens with zero attached hydrogens (tertiary/aromatic N) is 1. The smallest absolute Gasteiger partial charge is 0.245 e. The van der Waals surface area contributed by atoms with Crippen LogP contribution in [-0.2, 0) is 10.4 Å². The number of hydrogen-bond acceptors (Lipinski definition) is 4. The van der Waals surface area contributed by atoms with E-state index in [1.54, 1.807) is 18.3 Å². The zero-order valence-corrected chi connectivity index (χ0v) is 12.5. The molecule has 7 heteroatoms. The van der Waals surface area contributed by atoms with Crippen molar-refractivity contribution in [1.82, 2.24) is 15.5 Å². The van der Waals surface area contributed by atoms with Gasteiger partial charge in [-0.05, 0) is 42.4 Å². The topological polar surface area (TPSA) is 98.2 Å². The van der Waals surface area contributed by atoms with Crippen LogP contribution in [0.3, 0.4) is 0 Å². The number of aromatic nitrogens is 2. The van der Waals surface area contributed by atoms with Gasteiger partial charge in [0.2, 0.25) is 5.91 Å². The van der Waals surface area contributed by atoms with Crippen LogP contribution in [0, 0.1) is 11.8 Å². The van der Waals surface area contributed by atoms with Crippen LogP contribution < -0.4 is 5.32 Å². The molecular weight excluding hydrogens is 306 g/mol. The van der Waals surface area contributed by atoms with E-state index < -0.39 is 12.2 Å². The fourth-order valence-electron chi connectivity index (χ4n) is 3.93. The third kappa shape index (κ3) is 2.02. The van der Waals surface area contributed by atoms with Gasteiger partial charge in [-0.1, -0.05) is 11.6 Å².